The zero-order chi connectivity index (χ0) is 18.5. The van der Waals surface area contributed by atoms with Crippen molar-refractivity contribution in [1.29, 1.82) is 0 Å². The highest BCUT2D eigenvalue weighted by Crippen LogP contribution is 2.42. The van der Waals surface area contributed by atoms with Gasteiger partial charge in [-0.25, -0.2) is 4.79 Å². The Labute approximate surface area is 157 Å². The molecule has 0 saturated heterocycles. The van der Waals surface area contributed by atoms with Crippen molar-refractivity contribution in [1.82, 2.24) is 0 Å². The number of thioether (sulfide) groups is 1. The van der Waals surface area contributed by atoms with Gasteiger partial charge in [0.25, 0.3) is 0 Å². The number of carbonyl (C=O) groups excluding carboxylic acids is 1. The molecule has 0 radical (unpaired) electrons. The summed E-state index contributed by atoms with van der Waals surface area (Å²) in [4.78, 5) is 13.0. The third kappa shape index (κ3) is 3.94. The molecule has 2 aromatic carbocycles. The molecule has 3 aromatic rings. The summed E-state index contributed by atoms with van der Waals surface area (Å²) in [6.45, 7) is 1.77. The lowest BCUT2D eigenvalue weighted by molar-refractivity contribution is 0.0599. The molecule has 0 aliphatic heterocycles. The molecule has 3 rings (SSSR count). The van der Waals surface area contributed by atoms with Crippen molar-refractivity contribution < 1.29 is 18.7 Å². The molecule has 0 bridgehead atoms. The Kier molecular flexibility index (Phi) is 5.68. The third-order valence-electron chi connectivity index (χ3n) is 4.02. The molecule has 0 N–H and O–H groups in total. The number of aryl methyl sites for hydroxylation is 1. The maximum absolute atomic E-state index is 11.9. The molecule has 1 heterocycles. The van der Waals surface area contributed by atoms with E-state index in [1.165, 1.54) is 7.11 Å². The SMILES string of the molecule is COC(=O)c1cc(C(Sc2ccc(OC)cc2)c2ccccc2)oc1C. The van der Waals surface area contributed by atoms with Crippen LogP contribution in [0.1, 0.15) is 32.7 Å². The zero-order valence-corrected chi connectivity index (χ0v) is 15.7. The van der Waals surface area contributed by atoms with Gasteiger partial charge in [-0.2, -0.15) is 0 Å². The minimum atomic E-state index is -0.390. The number of hydrogen-bond acceptors (Lipinski definition) is 5. The molecular weight excluding hydrogens is 348 g/mol. The van der Waals surface area contributed by atoms with Crippen LogP contribution in [0.15, 0.2) is 70.0 Å². The fraction of sp³-hybridized carbons (Fsp3) is 0.190. The molecule has 0 aliphatic carbocycles. The lowest BCUT2D eigenvalue weighted by atomic mass is 10.1. The van der Waals surface area contributed by atoms with E-state index in [1.54, 1.807) is 31.9 Å². The van der Waals surface area contributed by atoms with Gasteiger partial charge < -0.3 is 13.9 Å². The lowest BCUT2D eigenvalue weighted by Crippen LogP contribution is -2.01. The van der Waals surface area contributed by atoms with Gasteiger partial charge in [-0.1, -0.05) is 30.3 Å². The highest BCUT2D eigenvalue weighted by atomic mass is 32.2. The van der Waals surface area contributed by atoms with Crippen LogP contribution in [0.3, 0.4) is 0 Å². The van der Waals surface area contributed by atoms with E-state index in [4.69, 9.17) is 13.9 Å². The van der Waals surface area contributed by atoms with Gasteiger partial charge in [-0.15, -0.1) is 11.8 Å². The molecule has 0 spiro atoms. The van der Waals surface area contributed by atoms with Crippen molar-refractivity contribution in [3.8, 4) is 5.75 Å². The second-order valence-corrected chi connectivity index (χ2v) is 6.87. The van der Waals surface area contributed by atoms with Gasteiger partial charge in [0, 0.05) is 4.90 Å². The molecule has 1 unspecified atom stereocenters. The first-order valence-corrected chi connectivity index (χ1v) is 9.04. The monoisotopic (exact) mass is 368 g/mol. The molecule has 1 atom stereocenters. The van der Waals surface area contributed by atoms with Crippen molar-refractivity contribution in [2.24, 2.45) is 0 Å². The summed E-state index contributed by atoms with van der Waals surface area (Å²) in [7, 11) is 3.02. The first-order chi connectivity index (χ1) is 12.6. The van der Waals surface area contributed by atoms with Crippen LogP contribution in [0.2, 0.25) is 0 Å². The van der Waals surface area contributed by atoms with E-state index >= 15 is 0 Å². The summed E-state index contributed by atoms with van der Waals surface area (Å²) in [5, 5.41) is -0.0818. The highest BCUT2D eigenvalue weighted by molar-refractivity contribution is 7.99. The van der Waals surface area contributed by atoms with Gasteiger partial charge in [0.05, 0.1) is 19.5 Å². The summed E-state index contributed by atoms with van der Waals surface area (Å²) in [6.07, 6.45) is 0. The van der Waals surface area contributed by atoms with Crippen molar-refractivity contribution >= 4 is 17.7 Å². The summed E-state index contributed by atoms with van der Waals surface area (Å²) in [6, 6.07) is 19.7. The van der Waals surface area contributed by atoms with Crippen LogP contribution in [-0.2, 0) is 4.74 Å². The number of furan rings is 1. The average Bonchev–Trinajstić information content (AvgIpc) is 3.08. The van der Waals surface area contributed by atoms with Crippen LogP contribution in [0.4, 0.5) is 0 Å². The summed E-state index contributed by atoms with van der Waals surface area (Å²) in [5.41, 5.74) is 1.55. The smallest absolute Gasteiger partial charge is 0.341 e. The number of hydrogen-bond donors (Lipinski definition) is 0. The topological polar surface area (TPSA) is 48.7 Å². The predicted octanol–water partition coefficient (Wildman–Crippen LogP) is 5.26. The number of esters is 1. The minimum absolute atomic E-state index is 0.0818. The van der Waals surface area contributed by atoms with Crippen LogP contribution in [0, 0.1) is 6.92 Å². The maximum Gasteiger partial charge on any atom is 0.341 e. The van der Waals surface area contributed by atoms with Crippen molar-refractivity contribution in [3.63, 3.8) is 0 Å². The fourth-order valence-electron chi connectivity index (χ4n) is 2.66. The van der Waals surface area contributed by atoms with Gasteiger partial charge >= 0.3 is 5.97 Å². The third-order valence-corrected chi connectivity index (χ3v) is 5.30. The number of carbonyl (C=O) groups is 1. The summed E-state index contributed by atoms with van der Waals surface area (Å²) in [5.74, 6) is 1.70. The standard InChI is InChI=1S/C21H20O4S/c1-14-18(21(22)24-3)13-19(25-14)20(15-7-5-4-6-8-15)26-17-11-9-16(23-2)10-12-17/h4-13,20H,1-3H3. The molecule has 26 heavy (non-hydrogen) atoms. The van der Waals surface area contributed by atoms with E-state index in [0.717, 1.165) is 22.0 Å². The minimum Gasteiger partial charge on any atom is -0.497 e. The van der Waals surface area contributed by atoms with E-state index in [9.17, 15) is 4.79 Å². The second kappa shape index (κ2) is 8.15. The van der Waals surface area contributed by atoms with Gasteiger partial charge in [-0.3, -0.25) is 0 Å². The van der Waals surface area contributed by atoms with Crippen LogP contribution in [0.25, 0.3) is 0 Å². The molecule has 0 aliphatic rings. The number of benzene rings is 2. The average molecular weight is 368 g/mol. The van der Waals surface area contributed by atoms with Crippen molar-refractivity contribution in [2.45, 2.75) is 17.1 Å². The molecule has 0 saturated carbocycles. The molecule has 134 valence electrons. The van der Waals surface area contributed by atoms with Gasteiger partial charge in [0.2, 0.25) is 0 Å². The van der Waals surface area contributed by atoms with E-state index in [-0.39, 0.29) is 5.25 Å². The van der Waals surface area contributed by atoms with Crippen LogP contribution in [-0.4, -0.2) is 20.2 Å². The van der Waals surface area contributed by atoms with Crippen LogP contribution >= 0.6 is 11.8 Å². The Bertz CT molecular complexity index is 869. The Balaban J connectivity index is 1.97. The Morgan fingerprint density at radius 3 is 2.35 bits per heavy atom. The van der Waals surface area contributed by atoms with E-state index in [0.29, 0.717) is 11.3 Å². The van der Waals surface area contributed by atoms with E-state index in [2.05, 4.69) is 12.1 Å². The highest BCUT2D eigenvalue weighted by Gasteiger charge is 2.24. The summed E-state index contributed by atoms with van der Waals surface area (Å²) >= 11 is 1.65. The molecule has 0 fully saturated rings. The molecular formula is C21H20O4S. The van der Waals surface area contributed by atoms with Gasteiger partial charge in [0.15, 0.2) is 0 Å². The first-order valence-electron chi connectivity index (χ1n) is 8.16. The van der Waals surface area contributed by atoms with Gasteiger partial charge in [-0.05, 0) is 42.8 Å². The molecule has 1 aromatic heterocycles. The van der Waals surface area contributed by atoms with E-state index < -0.39 is 5.97 Å². The molecule has 5 heteroatoms. The Morgan fingerprint density at radius 2 is 1.73 bits per heavy atom. The number of rotatable bonds is 6. The number of methoxy groups -OCH3 is 2. The van der Waals surface area contributed by atoms with Crippen molar-refractivity contribution in [2.75, 3.05) is 14.2 Å². The zero-order valence-electron chi connectivity index (χ0n) is 14.9. The van der Waals surface area contributed by atoms with Crippen LogP contribution < -0.4 is 4.74 Å². The Hall–Kier alpha value is -2.66. The largest absolute Gasteiger partial charge is 0.497 e. The predicted molar refractivity (Wildman–Crippen MR) is 102 cm³/mol. The summed E-state index contributed by atoms with van der Waals surface area (Å²) < 4.78 is 16.0. The lowest BCUT2D eigenvalue weighted by Gasteiger charge is -2.15. The Morgan fingerprint density at radius 1 is 1.04 bits per heavy atom. The second-order valence-electron chi connectivity index (χ2n) is 5.69. The van der Waals surface area contributed by atoms with Gasteiger partial charge in [0.1, 0.15) is 22.8 Å². The maximum atomic E-state index is 11.9. The van der Waals surface area contributed by atoms with Crippen LogP contribution in [0.5, 0.6) is 5.75 Å². The molecule has 0 amide bonds. The quantitative estimate of drug-likeness (QED) is 0.438. The fourth-order valence-corrected chi connectivity index (χ4v) is 3.75. The first kappa shape index (κ1) is 18.1. The number of ether oxygens (including phenoxy) is 2. The molecule has 4 nitrogen and oxygen atoms in total. The normalized spacial score (nSPS) is 11.8. The van der Waals surface area contributed by atoms with Crippen molar-refractivity contribution in [3.05, 3.63) is 83.3 Å². The van der Waals surface area contributed by atoms with E-state index in [1.807, 2.05) is 42.5 Å².